The zero-order valence-electron chi connectivity index (χ0n) is 6.40. The van der Waals surface area contributed by atoms with Crippen molar-refractivity contribution in [1.82, 2.24) is 4.90 Å². The van der Waals surface area contributed by atoms with Gasteiger partial charge in [0, 0.05) is 6.61 Å². The van der Waals surface area contributed by atoms with Gasteiger partial charge in [-0.2, -0.15) is 0 Å². The molecule has 0 radical (unpaired) electrons. The molecule has 0 aliphatic carbocycles. The van der Waals surface area contributed by atoms with Gasteiger partial charge in [-0.15, -0.1) is 0 Å². The van der Waals surface area contributed by atoms with Crippen LogP contribution in [0.2, 0.25) is 0 Å². The number of primary amides is 1. The molecule has 0 aromatic rings. The fraction of sp³-hybridized carbons (Fsp3) is 0.800. The van der Waals surface area contributed by atoms with Crippen LogP contribution in [0.15, 0.2) is 0 Å². The molecule has 0 spiro atoms. The number of nitrogens with zero attached hydrogens (tertiary/aromatic N) is 1. The van der Waals surface area contributed by atoms with E-state index in [0.717, 1.165) is 0 Å². The standard InChI is InChI=1S/C3H8N2O3.C2H6O/c4-3(8)5(1-6)2-7;1-2-3/h6-7H,1-2H2,(H2,4,8);3H,2H2,1H3. The molecule has 2 amide bonds. The summed E-state index contributed by atoms with van der Waals surface area (Å²) in [7, 11) is 0. The molecule has 0 aromatic heterocycles. The van der Waals surface area contributed by atoms with Crippen molar-refractivity contribution >= 4 is 6.03 Å². The van der Waals surface area contributed by atoms with Gasteiger partial charge in [0.05, 0.1) is 0 Å². The highest BCUT2D eigenvalue weighted by molar-refractivity contribution is 5.71. The molecular formula is C5H14N2O4. The third-order valence-electron chi connectivity index (χ3n) is 0.653. The number of hydrogen-bond donors (Lipinski definition) is 4. The van der Waals surface area contributed by atoms with Gasteiger partial charge in [-0.05, 0) is 6.92 Å². The molecule has 5 N–H and O–H groups in total. The number of urea groups is 1. The summed E-state index contributed by atoms with van der Waals surface area (Å²) < 4.78 is 0. The summed E-state index contributed by atoms with van der Waals surface area (Å²) in [4.78, 5) is 10.7. The van der Waals surface area contributed by atoms with E-state index in [0.29, 0.717) is 4.90 Å². The molecule has 0 aliphatic rings. The molecule has 0 heterocycles. The van der Waals surface area contributed by atoms with Crippen molar-refractivity contribution in [2.75, 3.05) is 20.1 Å². The number of hydrogen-bond acceptors (Lipinski definition) is 4. The normalized spacial score (nSPS) is 8.00. The van der Waals surface area contributed by atoms with Gasteiger partial charge in [0.2, 0.25) is 0 Å². The summed E-state index contributed by atoms with van der Waals surface area (Å²) in [6, 6.07) is -0.838. The maximum Gasteiger partial charge on any atom is 0.318 e. The number of aliphatic hydroxyl groups is 3. The Morgan fingerprint density at radius 2 is 1.64 bits per heavy atom. The first kappa shape index (κ1) is 12.8. The summed E-state index contributed by atoms with van der Waals surface area (Å²) in [6.45, 7) is 0.831. The van der Waals surface area contributed by atoms with Crippen molar-refractivity contribution in [1.29, 1.82) is 0 Å². The predicted octanol–water partition coefficient (Wildman–Crippen LogP) is -1.73. The van der Waals surface area contributed by atoms with E-state index in [-0.39, 0.29) is 6.61 Å². The molecule has 0 rings (SSSR count). The van der Waals surface area contributed by atoms with Crippen LogP contribution in [0.1, 0.15) is 6.92 Å². The maximum absolute atomic E-state index is 9.99. The lowest BCUT2D eigenvalue weighted by atomic mass is 10.8. The van der Waals surface area contributed by atoms with Gasteiger partial charge in [-0.3, -0.25) is 4.90 Å². The molecule has 0 unspecified atom stereocenters. The average Bonchev–Trinajstić information content (AvgIpc) is 1.91. The summed E-state index contributed by atoms with van der Waals surface area (Å²) >= 11 is 0. The molecule has 6 heteroatoms. The topological polar surface area (TPSA) is 107 Å². The van der Waals surface area contributed by atoms with Crippen LogP contribution in [0.4, 0.5) is 4.79 Å². The number of carbonyl (C=O) groups is 1. The van der Waals surface area contributed by atoms with Gasteiger partial charge >= 0.3 is 6.03 Å². The van der Waals surface area contributed by atoms with Gasteiger partial charge in [-0.25, -0.2) is 4.79 Å². The van der Waals surface area contributed by atoms with Crippen LogP contribution in [-0.4, -0.2) is 46.3 Å². The van der Waals surface area contributed by atoms with Crippen molar-refractivity contribution in [2.24, 2.45) is 5.73 Å². The van der Waals surface area contributed by atoms with E-state index in [1.807, 2.05) is 0 Å². The van der Waals surface area contributed by atoms with Crippen molar-refractivity contribution < 1.29 is 20.1 Å². The first-order valence-corrected chi connectivity index (χ1v) is 3.00. The molecule has 0 bridgehead atoms. The Hall–Kier alpha value is -0.850. The zero-order chi connectivity index (χ0) is 9.28. The van der Waals surface area contributed by atoms with E-state index in [9.17, 15) is 4.79 Å². The molecule has 11 heavy (non-hydrogen) atoms. The largest absolute Gasteiger partial charge is 0.397 e. The fourth-order valence-corrected chi connectivity index (χ4v) is 0.184. The van der Waals surface area contributed by atoms with Crippen LogP contribution in [0.25, 0.3) is 0 Å². The van der Waals surface area contributed by atoms with Gasteiger partial charge in [0.25, 0.3) is 0 Å². The highest BCUT2D eigenvalue weighted by Crippen LogP contribution is 1.78. The second-order valence-corrected chi connectivity index (χ2v) is 1.48. The summed E-state index contributed by atoms with van der Waals surface area (Å²) in [5, 5.41) is 23.9. The second-order valence-electron chi connectivity index (χ2n) is 1.48. The highest BCUT2D eigenvalue weighted by Gasteiger charge is 2.02. The third kappa shape index (κ3) is 9.15. The maximum atomic E-state index is 9.99. The molecule has 0 saturated carbocycles. The smallest absolute Gasteiger partial charge is 0.318 e. The van der Waals surface area contributed by atoms with E-state index in [4.69, 9.17) is 15.3 Å². The second kappa shape index (κ2) is 9.15. The van der Waals surface area contributed by atoms with Crippen LogP contribution < -0.4 is 5.73 Å². The van der Waals surface area contributed by atoms with E-state index in [1.165, 1.54) is 0 Å². The first-order chi connectivity index (χ1) is 5.13. The van der Waals surface area contributed by atoms with Gasteiger partial charge < -0.3 is 21.1 Å². The lowest BCUT2D eigenvalue weighted by molar-refractivity contribution is 0.0608. The molecule has 0 aromatic carbocycles. The summed E-state index contributed by atoms with van der Waals surface area (Å²) in [6.07, 6.45) is 0. The fourth-order valence-electron chi connectivity index (χ4n) is 0.184. The minimum absolute atomic E-state index is 0.250. The number of rotatable bonds is 2. The molecule has 0 fully saturated rings. The van der Waals surface area contributed by atoms with Crippen LogP contribution in [0.3, 0.4) is 0 Å². The van der Waals surface area contributed by atoms with Crippen LogP contribution in [0.5, 0.6) is 0 Å². The minimum Gasteiger partial charge on any atom is -0.397 e. The van der Waals surface area contributed by atoms with Crippen molar-refractivity contribution in [3.63, 3.8) is 0 Å². The van der Waals surface area contributed by atoms with Crippen molar-refractivity contribution in [3.8, 4) is 0 Å². The summed E-state index contributed by atoms with van der Waals surface area (Å²) in [5.74, 6) is 0. The monoisotopic (exact) mass is 166 g/mol. The highest BCUT2D eigenvalue weighted by atomic mass is 16.3. The molecule has 68 valence electrons. The van der Waals surface area contributed by atoms with Crippen LogP contribution >= 0.6 is 0 Å². The Kier molecular flexibility index (Phi) is 10.6. The zero-order valence-corrected chi connectivity index (χ0v) is 6.40. The number of amides is 2. The number of carbonyl (C=O) groups excluding carboxylic acids is 1. The van der Waals surface area contributed by atoms with Crippen molar-refractivity contribution in [3.05, 3.63) is 0 Å². The predicted molar refractivity (Wildman–Crippen MR) is 38.4 cm³/mol. The van der Waals surface area contributed by atoms with E-state index < -0.39 is 19.5 Å². The Bertz CT molecular complexity index is 94.5. The molecular weight excluding hydrogens is 152 g/mol. The SMILES string of the molecule is CCO.NC(=O)N(CO)CO. The molecule has 0 atom stereocenters. The van der Waals surface area contributed by atoms with Crippen LogP contribution in [0, 0.1) is 0 Å². The Morgan fingerprint density at radius 1 is 1.36 bits per heavy atom. The first-order valence-electron chi connectivity index (χ1n) is 3.00. The van der Waals surface area contributed by atoms with Crippen LogP contribution in [-0.2, 0) is 0 Å². The molecule has 0 aliphatic heterocycles. The average molecular weight is 166 g/mol. The number of nitrogens with two attached hydrogens (primary N) is 1. The summed E-state index contributed by atoms with van der Waals surface area (Å²) in [5.41, 5.74) is 4.62. The molecule has 0 saturated heterocycles. The van der Waals surface area contributed by atoms with E-state index in [1.54, 1.807) is 6.92 Å². The lowest BCUT2D eigenvalue weighted by Crippen LogP contribution is -2.36. The van der Waals surface area contributed by atoms with E-state index in [2.05, 4.69) is 5.73 Å². The Balaban J connectivity index is 0. The number of aliphatic hydroxyl groups excluding tert-OH is 3. The van der Waals surface area contributed by atoms with Gasteiger partial charge in [0.1, 0.15) is 13.5 Å². The lowest BCUT2D eigenvalue weighted by Gasteiger charge is -2.11. The van der Waals surface area contributed by atoms with Gasteiger partial charge in [-0.1, -0.05) is 0 Å². The van der Waals surface area contributed by atoms with Crippen molar-refractivity contribution in [2.45, 2.75) is 6.92 Å². The molecule has 6 nitrogen and oxygen atoms in total. The van der Waals surface area contributed by atoms with E-state index >= 15 is 0 Å². The minimum atomic E-state index is -0.838. The van der Waals surface area contributed by atoms with Gasteiger partial charge in [0.15, 0.2) is 0 Å². The third-order valence-corrected chi connectivity index (χ3v) is 0.653. The Morgan fingerprint density at radius 3 is 1.64 bits per heavy atom. The Labute approximate surface area is 64.8 Å². The quantitative estimate of drug-likeness (QED) is 0.365.